The second kappa shape index (κ2) is 2.63. The van der Waals surface area contributed by atoms with Crippen molar-refractivity contribution >= 4 is 17.3 Å². The van der Waals surface area contributed by atoms with Crippen LogP contribution in [0.1, 0.15) is 24.3 Å². The lowest BCUT2D eigenvalue weighted by Gasteiger charge is -2.05. The molecule has 0 heterocycles. The van der Waals surface area contributed by atoms with Gasteiger partial charge >= 0.3 is 0 Å². The number of anilines is 1. The molecule has 2 N–H and O–H groups in total. The van der Waals surface area contributed by atoms with Crippen LogP contribution >= 0.6 is 11.6 Å². The molecule has 1 aromatic carbocycles. The molecule has 1 aliphatic rings. The fraction of sp³-hybridized carbons (Fsp3) is 0.333. The number of rotatable bonds is 1. The van der Waals surface area contributed by atoms with Crippen LogP contribution in [0, 0.1) is 5.82 Å². The first-order valence-corrected chi connectivity index (χ1v) is 4.30. The minimum atomic E-state index is -0.295. The normalized spacial score (nSPS) is 16.5. The first-order valence-electron chi connectivity index (χ1n) is 3.93. The molecule has 0 saturated heterocycles. The van der Waals surface area contributed by atoms with Crippen molar-refractivity contribution in [3.05, 3.63) is 28.5 Å². The number of nitrogen functional groups attached to an aromatic ring is 1. The molecule has 0 atom stereocenters. The maximum Gasteiger partial charge on any atom is 0.125 e. The zero-order valence-corrected chi connectivity index (χ0v) is 7.24. The molecule has 0 radical (unpaired) electrons. The molecule has 12 heavy (non-hydrogen) atoms. The fourth-order valence-electron chi connectivity index (χ4n) is 1.34. The molecule has 0 unspecified atom stereocenters. The van der Waals surface area contributed by atoms with Crippen molar-refractivity contribution in [1.29, 1.82) is 0 Å². The Morgan fingerprint density at radius 1 is 1.42 bits per heavy atom. The van der Waals surface area contributed by atoms with E-state index in [0.29, 0.717) is 16.6 Å². The van der Waals surface area contributed by atoms with Crippen molar-refractivity contribution in [3.8, 4) is 0 Å². The molecule has 2 rings (SSSR count). The summed E-state index contributed by atoms with van der Waals surface area (Å²) in [7, 11) is 0. The second-order valence-corrected chi connectivity index (χ2v) is 3.57. The monoisotopic (exact) mass is 185 g/mol. The van der Waals surface area contributed by atoms with Gasteiger partial charge < -0.3 is 5.73 Å². The van der Waals surface area contributed by atoms with Gasteiger partial charge in [0, 0.05) is 0 Å². The van der Waals surface area contributed by atoms with E-state index in [9.17, 15) is 4.39 Å². The van der Waals surface area contributed by atoms with E-state index in [1.165, 1.54) is 12.1 Å². The van der Waals surface area contributed by atoms with Crippen LogP contribution in [-0.2, 0) is 0 Å². The average molecular weight is 186 g/mol. The number of hydrogen-bond donors (Lipinski definition) is 1. The third-order valence-corrected chi connectivity index (χ3v) is 2.46. The van der Waals surface area contributed by atoms with Crippen molar-refractivity contribution < 1.29 is 4.39 Å². The molecule has 0 bridgehead atoms. The van der Waals surface area contributed by atoms with E-state index < -0.39 is 0 Å². The zero-order valence-electron chi connectivity index (χ0n) is 6.48. The Bertz CT molecular complexity index is 321. The minimum absolute atomic E-state index is 0.295. The summed E-state index contributed by atoms with van der Waals surface area (Å²) in [6, 6.07) is 2.74. The van der Waals surface area contributed by atoms with Gasteiger partial charge in [-0.3, -0.25) is 0 Å². The summed E-state index contributed by atoms with van der Waals surface area (Å²) in [5, 5.41) is 0.330. The lowest BCUT2D eigenvalue weighted by atomic mass is 10.1. The van der Waals surface area contributed by atoms with Crippen molar-refractivity contribution in [2.24, 2.45) is 0 Å². The Kier molecular flexibility index (Phi) is 1.72. The van der Waals surface area contributed by atoms with E-state index in [4.69, 9.17) is 17.3 Å². The highest BCUT2D eigenvalue weighted by molar-refractivity contribution is 6.33. The van der Waals surface area contributed by atoms with Crippen LogP contribution in [0.2, 0.25) is 5.02 Å². The highest BCUT2D eigenvalue weighted by atomic mass is 35.5. The molecule has 3 heteroatoms. The third kappa shape index (κ3) is 1.27. The van der Waals surface area contributed by atoms with Crippen LogP contribution in [0.15, 0.2) is 12.1 Å². The molecule has 64 valence electrons. The van der Waals surface area contributed by atoms with E-state index >= 15 is 0 Å². The van der Waals surface area contributed by atoms with Gasteiger partial charge in [0.05, 0.1) is 10.7 Å². The van der Waals surface area contributed by atoms with E-state index in [-0.39, 0.29) is 5.82 Å². The van der Waals surface area contributed by atoms with Crippen LogP contribution in [0.4, 0.5) is 10.1 Å². The van der Waals surface area contributed by atoms with Crippen LogP contribution in [0.3, 0.4) is 0 Å². The minimum Gasteiger partial charge on any atom is -0.397 e. The molecular weight excluding hydrogens is 177 g/mol. The smallest absolute Gasteiger partial charge is 0.125 e. The highest BCUT2D eigenvalue weighted by Gasteiger charge is 2.26. The molecule has 0 aliphatic heterocycles. The van der Waals surface area contributed by atoms with Gasteiger partial charge in [-0.05, 0) is 36.5 Å². The maximum atomic E-state index is 12.9. The Balaban J connectivity index is 2.51. The Morgan fingerprint density at radius 2 is 2.08 bits per heavy atom. The Hall–Kier alpha value is -0.760. The lowest BCUT2D eigenvalue weighted by Crippen LogP contribution is -1.94. The van der Waals surface area contributed by atoms with Crippen molar-refractivity contribution in [2.45, 2.75) is 18.8 Å². The van der Waals surface area contributed by atoms with Gasteiger partial charge in [-0.25, -0.2) is 4.39 Å². The van der Waals surface area contributed by atoms with Crippen LogP contribution in [-0.4, -0.2) is 0 Å². The van der Waals surface area contributed by atoms with E-state index in [1.54, 1.807) is 0 Å². The van der Waals surface area contributed by atoms with E-state index in [1.807, 2.05) is 0 Å². The molecule has 1 aromatic rings. The van der Waals surface area contributed by atoms with Gasteiger partial charge in [-0.15, -0.1) is 0 Å². The zero-order chi connectivity index (χ0) is 8.72. The maximum absolute atomic E-state index is 12.9. The summed E-state index contributed by atoms with van der Waals surface area (Å²) in [5.74, 6) is 0.147. The van der Waals surface area contributed by atoms with Gasteiger partial charge in [0.1, 0.15) is 5.82 Å². The lowest BCUT2D eigenvalue weighted by molar-refractivity contribution is 0.626. The predicted octanol–water partition coefficient (Wildman–Crippen LogP) is 2.94. The number of halogens is 2. The van der Waals surface area contributed by atoms with Gasteiger partial charge in [-0.2, -0.15) is 0 Å². The molecular formula is C9H9ClFN. The van der Waals surface area contributed by atoms with Gasteiger partial charge in [0.15, 0.2) is 0 Å². The summed E-state index contributed by atoms with van der Waals surface area (Å²) in [6.07, 6.45) is 2.20. The van der Waals surface area contributed by atoms with E-state index in [0.717, 1.165) is 18.4 Å². The van der Waals surface area contributed by atoms with E-state index in [2.05, 4.69) is 0 Å². The largest absolute Gasteiger partial charge is 0.397 e. The first kappa shape index (κ1) is 7.87. The molecule has 0 aromatic heterocycles. The molecule has 1 aliphatic carbocycles. The van der Waals surface area contributed by atoms with Crippen LogP contribution in [0.25, 0.3) is 0 Å². The standard InChI is InChI=1S/C9H9ClFN/c10-8-4-6(11)3-7(9(8)12)5-1-2-5/h3-5H,1-2,12H2. The summed E-state index contributed by atoms with van der Waals surface area (Å²) < 4.78 is 12.9. The van der Waals surface area contributed by atoms with Crippen molar-refractivity contribution in [1.82, 2.24) is 0 Å². The average Bonchev–Trinajstić information content (AvgIpc) is 2.79. The Morgan fingerprint density at radius 3 is 2.67 bits per heavy atom. The summed E-state index contributed by atoms with van der Waals surface area (Å²) in [6.45, 7) is 0. The first-order chi connectivity index (χ1) is 5.68. The quantitative estimate of drug-likeness (QED) is 0.669. The number of nitrogens with two attached hydrogens (primary N) is 1. The van der Waals surface area contributed by atoms with Crippen molar-refractivity contribution in [2.75, 3.05) is 5.73 Å². The van der Waals surface area contributed by atoms with Gasteiger partial charge in [-0.1, -0.05) is 11.6 Å². The van der Waals surface area contributed by atoms with Crippen LogP contribution < -0.4 is 5.73 Å². The molecule has 1 fully saturated rings. The molecule has 1 nitrogen and oxygen atoms in total. The topological polar surface area (TPSA) is 26.0 Å². The highest BCUT2D eigenvalue weighted by Crippen LogP contribution is 2.44. The van der Waals surface area contributed by atoms with Crippen molar-refractivity contribution in [3.63, 3.8) is 0 Å². The summed E-state index contributed by atoms with van der Waals surface area (Å²) in [5.41, 5.74) is 7.11. The Labute approximate surface area is 75.3 Å². The summed E-state index contributed by atoms with van der Waals surface area (Å²) >= 11 is 5.73. The predicted molar refractivity (Wildman–Crippen MR) is 47.8 cm³/mol. The molecule has 0 amide bonds. The number of hydrogen-bond acceptors (Lipinski definition) is 1. The summed E-state index contributed by atoms with van der Waals surface area (Å²) in [4.78, 5) is 0. The van der Waals surface area contributed by atoms with Crippen LogP contribution in [0.5, 0.6) is 0 Å². The number of benzene rings is 1. The van der Waals surface area contributed by atoms with Gasteiger partial charge in [0.2, 0.25) is 0 Å². The second-order valence-electron chi connectivity index (χ2n) is 3.16. The molecule has 0 spiro atoms. The third-order valence-electron chi connectivity index (χ3n) is 2.14. The molecule has 1 saturated carbocycles. The fourth-order valence-corrected chi connectivity index (χ4v) is 1.55. The SMILES string of the molecule is Nc1c(Cl)cc(F)cc1C1CC1. The van der Waals surface area contributed by atoms with Gasteiger partial charge in [0.25, 0.3) is 0 Å².